The largest absolute Gasteiger partial charge is 0.324 e. The highest BCUT2D eigenvalue weighted by Gasteiger charge is 2.14. The Morgan fingerprint density at radius 3 is 2.38 bits per heavy atom. The van der Waals surface area contributed by atoms with Crippen molar-refractivity contribution in [1.29, 1.82) is 0 Å². The molecule has 0 spiro atoms. The van der Waals surface area contributed by atoms with Crippen LogP contribution in [0, 0.1) is 6.92 Å². The van der Waals surface area contributed by atoms with Crippen molar-refractivity contribution < 1.29 is 4.79 Å². The normalized spacial score (nSPS) is 13.7. The van der Waals surface area contributed by atoms with E-state index in [-0.39, 0.29) is 5.91 Å². The molecule has 40 heavy (non-hydrogen) atoms. The van der Waals surface area contributed by atoms with Crippen molar-refractivity contribution in [2.24, 2.45) is 0 Å². The molecule has 0 aliphatic carbocycles. The van der Waals surface area contributed by atoms with Crippen LogP contribution in [-0.4, -0.2) is 33.9 Å². The van der Waals surface area contributed by atoms with Gasteiger partial charge in [-0.3, -0.25) is 9.69 Å². The number of carbonyl (C=O) groups is 1. The average molecular weight is 528 g/mol. The molecule has 0 atom stereocenters. The molecule has 200 valence electrons. The molecule has 0 bridgehead atoms. The second-order valence-electron chi connectivity index (χ2n) is 10.4. The molecule has 1 aliphatic heterocycles. The van der Waals surface area contributed by atoms with Crippen molar-refractivity contribution in [1.82, 2.24) is 14.9 Å². The van der Waals surface area contributed by atoms with Crippen molar-refractivity contribution in [2.75, 3.05) is 23.7 Å². The van der Waals surface area contributed by atoms with Gasteiger partial charge in [0, 0.05) is 34.4 Å². The molecule has 6 nitrogen and oxygen atoms in total. The van der Waals surface area contributed by atoms with Crippen LogP contribution in [0.4, 0.5) is 17.3 Å². The Balaban J connectivity index is 1.17. The number of hydrogen-bond donors (Lipinski definition) is 2. The molecule has 1 saturated heterocycles. The Bertz CT molecular complexity index is 1630. The Hall–Kier alpha value is -4.55. The summed E-state index contributed by atoms with van der Waals surface area (Å²) in [6.07, 6.45) is 3.85. The number of amides is 1. The molecule has 1 aliphatic rings. The van der Waals surface area contributed by atoms with Gasteiger partial charge in [0.25, 0.3) is 5.91 Å². The van der Waals surface area contributed by atoms with Gasteiger partial charge in [0.1, 0.15) is 0 Å². The molecular weight excluding hydrogens is 494 g/mol. The SMILES string of the molecule is Cc1ccc(CN2CCCCC2)cc1NC(=O)c1ccc(Nc2nc(-c3ccccc3)c3ccccc3n2)cc1. The lowest BCUT2D eigenvalue weighted by molar-refractivity contribution is 0.102. The molecule has 2 N–H and O–H groups in total. The molecule has 0 unspecified atom stereocenters. The maximum absolute atomic E-state index is 13.1. The monoisotopic (exact) mass is 527 g/mol. The quantitative estimate of drug-likeness (QED) is 0.228. The minimum absolute atomic E-state index is 0.127. The number of piperidine rings is 1. The molecule has 6 rings (SSSR count). The van der Waals surface area contributed by atoms with E-state index in [1.165, 1.54) is 24.8 Å². The molecule has 1 amide bonds. The molecule has 0 saturated carbocycles. The lowest BCUT2D eigenvalue weighted by Gasteiger charge is -2.26. The summed E-state index contributed by atoms with van der Waals surface area (Å²) < 4.78 is 0. The Morgan fingerprint density at radius 2 is 1.57 bits per heavy atom. The maximum atomic E-state index is 13.1. The summed E-state index contributed by atoms with van der Waals surface area (Å²) in [6, 6.07) is 31.9. The van der Waals surface area contributed by atoms with Gasteiger partial charge in [-0.25, -0.2) is 9.97 Å². The highest BCUT2D eigenvalue weighted by Crippen LogP contribution is 2.28. The van der Waals surface area contributed by atoms with E-state index in [2.05, 4.69) is 45.9 Å². The first kappa shape index (κ1) is 25.7. The number of aryl methyl sites for hydroxylation is 1. The van der Waals surface area contributed by atoms with Gasteiger partial charge in [-0.15, -0.1) is 0 Å². The van der Waals surface area contributed by atoms with Crippen LogP contribution < -0.4 is 10.6 Å². The molecule has 1 aromatic heterocycles. The number of carbonyl (C=O) groups excluding carboxylic acids is 1. The van der Waals surface area contributed by atoms with Crippen molar-refractivity contribution in [2.45, 2.75) is 32.7 Å². The zero-order chi connectivity index (χ0) is 27.3. The third-order valence-electron chi connectivity index (χ3n) is 7.46. The number of para-hydroxylation sites is 1. The fourth-order valence-electron chi connectivity index (χ4n) is 5.25. The minimum Gasteiger partial charge on any atom is -0.324 e. The van der Waals surface area contributed by atoms with Gasteiger partial charge in [0.15, 0.2) is 0 Å². The first-order valence-corrected chi connectivity index (χ1v) is 13.9. The van der Waals surface area contributed by atoms with Crippen LogP contribution in [0.15, 0.2) is 97.1 Å². The lowest BCUT2D eigenvalue weighted by atomic mass is 10.1. The number of anilines is 3. The van der Waals surface area contributed by atoms with Crippen molar-refractivity contribution in [3.63, 3.8) is 0 Å². The van der Waals surface area contributed by atoms with Gasteiger partial charge in [0.2, 0.25) is 5.95 Å². The third kappa shape index (κ3) is 5.87. The van der Waals surface area contributed by atoms with Gasteiger partial charge in [-0.1, -0.05) is 67.1 Å². The molecule has 6 heteroatoms. The first-order chi connectivity index (χ1) is 19.6. The second-order valence-corrected chi connectivity index (χ2v) is 10.4. The van der Waals surface area contributed by atoms with Crippen LogP contribution in [0.1, 0.15) is 40.7 Å². The third-order valence-corrected chi connectivity index (χ3v) is 7.46. The van der Waals surface area contributed by atoms with E-state index in [0.717, 1.165) is 58.7 Å². The summed E-state index contributed by atoms with van der Waals surface area (Å²) in [7, 11) is 0. The van der Waals surface area contributed by atoms with E-state index >= 15 is 0 Å². The van der Waals surface area contributed by atoms with E-state index in [1.54, 1.807) is 0 Å². The van der Waals surface area contributed by atoms with E-state index in [4.69, 9.17) is 9.97 Å². The van der Waals surface area contributed by atoms with Crippen molar-refractivity contribution in [3.05, 3.63) is 114 Å². The molecule has 5 aromatic rings. The summed E-state index contributed by atoms with van der Waals surface area (Å²) in [5.74, 6) is 0.383. The van der Waals surface area contributed by atoms with Gasteiger partial charge in [-0.2, -0.15) is 0 Å². The van der Waals surface area contributed by atoms with E-state index in [1.807, 2.05) is 73.7 Å². The van der Waals surface area contributed by atoms with Crippen LogP contribution in [0.2, 0.25) is 0 Å². The zero-order valence-corrected chi connectivity index (χ0v) is 22.7. The van der Waals surface area contributed by atoms with Crippen LogP contribution in [0.3, 0.4) is 0 Å². The Labute approximate surface area is 235 Å². The standard InChI is InChI=1S/C34H33N5O/c1-24-14-15-25(23-39-20-8-3-9-21-39)22-31(24)36-33(40)27-16-18-28(19-17-27)35-34-37-30-13-7-6-12-29(30)32(38-34)26-10-4-2-5-11-26/h2,4-7,10-19,22H,3,8-9,20-21,23H2,1H3,(H,36,40)(H,35,37,38). The summed E-state index contributed by atoms with van der Waals surface area (Å²) in [5.41, 5.74) is 7.33. The fourth-order valence-corrected chi connectivity index (χ4v) is 5.25. The Morgan fingerprint density at radius 1 is 0.825 bits per heavy atom. The van der Waals surface area contributed by atoms with E-state index in [9.17, 15) is 4.79 Å². The van der Waals surface area contributed by atoms with Crippen LogP contribution in [0.25, 0.3) is 22.2 Å². The molecular formula is C34H33N5O. The predicted molar refractivity (Wildman–Crippen MR) is 163 cm³/mol. The average Bonchev–Trinajstić information content (AvgIpc) is 3.00. The van der Waals surface area contributed by atoms with Gasteiger partial charge in [0.05, 0.1) is 11.2 Å². The summed E-state index contributed by atoms with van der Waals surface area (Å²) in [5, 5.41) is 7.44. The van der Waals surface area contributed by atoms with Crippen LogP contribution in [-0.2, 0) is 6.54 Å². The van der Waals surface area contributed by atoms with E-state index < -0.39 is 0 Å². The molecule has 0 radical (unpaired) electrons. The summed E-state index contributed by atoms with van der Waals surface area (Å²) in [4.78, 5) is 25.2. The number of aromatic nitrogens is 2. The number of fused-ring (bicyclic) bond motifs is 1. The minimum atomic E-state index is -0.127. The smallest absolute Gasteiger partial charge is 0.255 e. The number of benzene rings is 4. The summed E-state index contributed by atoms with van der Waals surface area (Å²) >= 11 is 0. The lowest BCUT2D eigenvalue weighted by Crippen LogP contribution is -2.29. The van der Waals surface area contributed by atoms with Crippen LogP contribution >= 0.6 is 0 Å². The predicted octanol–water partition coefficient (Wildman–Crippen LogP) is 7.59. The van der Waals surface area contributed by atoms with Gasteiger partial charge in [-0.05, 0) is 80.4 Å². The number of hydrogen-bond acceptors (Lipinski definition) is 5. The molecule has 2 heterocycles. The zero-order valence-electron chi connectivity index (χ0n) is 22.7. The van der Waals surface area contributed by atoms with Crippen molar-refractivity contribution in [3.8, 4) is 11.3 Å². The Kier molecular flexibility index (Phi) is 7.51. The number of rotatable bonds is 7. The number of nitrogens with one attached hydrogen (secondary N) is 2. The topological polar surface area (TPSA) is 70.2 Å². The number of likely N-dealkylation sites (tertiary alicyclic amines) is 1. The van der Waals surface area contributed by atoms with Gasteiger partial charge < -0.3 is 10.6 Å². The van der Waals surface area contributed by atoms with Crippen molar-refractivity contribution >= 4 is 34.1 Å². The highest BCUT2D eigenvalue weighted by molar-refractivity contribution is 6.05. The second kappa shape index (κ2) is 11.7. The van der Waals surface area contributed by atoms with E-state index in [0.29, 0.717) is 11.5 Å². The molecule has 4 aromatic carbocycles. The van der Waals surface area contributed by atoms with Gasteiger partial charge >= 0.3 is 0 Å². The maximum Gasteiger partial charge on any atom is 0.255 e. The van der Waals surface area contributed by atoms with Crippen LogP contribution in [0.5, 0.6) is 0 Å². The number of nitrogens with zero attached hydrogens (tertiary/aromatic N) is 3. The summed E-state index contributed by atoms with van der Waals surface area (Å²) in [6.45, 7) is 5.24. The fraction of sp³-hybridized carbons (Fsp3) is 0.206. The first-order valence-electron chi connectivity index (χ1n) is 13.9. The highest BCUT2D eigenvalue weighted by atomic mass is 16.1. The molecule has 1 fully saturated rings.